The number of aliphatic imine (C=N–C) groups is 1. The average molecular weight is 278 g/mol. The second kappa shape index (κ2) is 6.79. The number of nitrogens with one attached hydrogen (secondary N) is 2. The summed E-state index contributed by atoms with van der Waals surface area (Å²) in [5.74, 6) is 2.61. The van der Waals surface area contributed by atoms with Gasteiger partial charge < -0.3 is 15.1 Å². The molecule has 20 heavy (non-hydrogen) atoms. The highest BCUT2D eigenvalue weighted by atomic mass is 16.3. The number of rotatable bonds is 6. The summed E-state index contributed by atoms with van der Waals surface area (Å²) in [5, 5.41) is 6.77. The SMILES string of the molecule is CCNC(=NCC(c1ccco1)N(C)C)NC1CC1C. The molecule has 0 spiro atoms. The fraction of sp³-hybridized carbons (Fsp3) is 0.667. The minimum Gasteiger partial charge on any atom is -0.468 e. The van der Waals surface area contributed by atoms with Crippen LogP contribution in [-0.4, -0.2) is 44.1 Å². The Balaban J connectivity index is 1.98. The molecule has 3 unspecified atom stereocenters. The van der Waals surface area contributed by atoms with E-state index in [1.165, 1.54) is 6.42 Å². The minimum absolute atomic E-state index is 0.164. The molecule has 0 saturated heterocycles. The van der Waals surface area contributed by atoms with Crippen molar-refractivity contribution in [2.75, 3.05) is 27.2 Å². The first-order valence-electron chi connectivity index (χ1n) is 7.36. The average Bonchev–Trinajstić information content (AvgIpc) is 2.89. The molecule has 1 heterocycles. The molecule has 3 atom stereocenters. The maximum atomic E-state index is 5.51. The Morgan fingerprint density at radius 2 is 2.30 bits per heavy atom. The van der Waals surface area contributed by atoms with Gasteiger partial charge in [-0.25, -0.2) is 0 Å². The molecule has 1 aromatic heterocycles. The summed E-state index contributed by atoms with van der Waals surface area (Å²) in [6.45, 7) is 5.90. The highest BCUT2D eigenvalue weighted by Gasteiger charge is 2.33. The summed E-state index contributed by atoms with van der Waals surface area (Å²) < 4.78 is 5.51. The molecule has 0 aliphatic heterocycles. The van der Waals surface area contributed by atoms with E-state index in [-0.39, 0.29) is 6.04 Å². The molecule has 1 aromatic rings. The van der Waals surface area contributed by atoms with Crippen LogP contribution >= 0.6 is 0 Å². The van der Waals surface area contributed by atoms with E-state index in [0.29, 0.717) is 12.6 Å². The van der Waals surface area contributed by atoms with Crippen LogP contribution in [0.4, 0.5) is 0 Å². The second-order valence-corrected chi connectivity index (χ2v) is 5.68. The molecule has 2 N–H and O–H groups in total. The smallest absolute Gasteiger partial charge is 0.191 e. The lowest BCUT2D eigenvalue weighted by Gasteiger charge is -2.21. The standard InChI is InChI=1S/C15H26N4O/c1-5-16-15(18-12-9-11(12)2)17-10-13(19(3)4)14-7-6-8-20-14/h6-8,11-13H,5,9-10H2,1-4H3,(H2,16,17,18). The summed E-state index contributed by atoms with van der Waals surface area (Å²) in [4.78, 5) is 6.83. The predicted molar refractivity (Wildman–Crippen MR) is 81.8 cm³/mol. The van der Waals surface area contributed by atoms with Crippen molar-refractivity contribution in [1.82, 2.24) is 15.5 Å². The highest BCUT2D eigenvalue weighted by molar-refractivity contribution is 5.80. The molecular weight excluding hydrogens is 252 g/mol. The van der Waals surface area contributed by atoms with Gasteiger partial charge in [-0.15, -0.1) is 0 Å². The Hall–Kier alpha value is -1.49. The zero-order chi connectivity index (χ0) is 14.5. The second-order valence-electron chi connectivity index (χ2n) is 5.68. The number of hydrogen-bond donors (Lipinski definition) is 2. The molecule has 0 radical (unpaired) electrons. The van der Waals surface area contributed by atoms with Crippen LogP contribution in [0.25, 0.3) is 0 Å². The largest absolute Gasteiger partial charge is 0.468 e. The third kappa shape index (κ3) is 4.00. The summed E-state index contributed by atoms with van der Waals surface area (Å²) in [6, 6.07) is 4.67. The van der Waals surface area contributed by atoms with Gasteiger partial charge in [0.1, 0.15) is 5.76 Å². The van der Waals surface area contributed by atoms with Crippen LogP contribution in [0.1, 0.15) is 32.1 Å². The third-order valence-electron chi connectivity index (χ3n) is 3.69. The van der Waals surface area contributed by atoms with Crippen molar-refractivity contribution in [3.63, 3.8) is 0 Å². The van der Waals surface area contributed by atoms with Gasteiger partial charge >= 0.3 is 0 Å². The first-order valence-corrected chi connectivity index (χ1v) is 7.36. The van der Waals surface area contributed by atoms with Crippen LogP contribution in [0.5, 0.6) is 0 Å². The quantitative estimate of drug-likeness (QED) is 0.616. The fourth-order valence-electron chi connectivity index (χ4n) is 2.19. The molecule has 112 valence electrons. The maximum Gasteiger partial charge on any atom is 0.191 e. The molecule has 1 aliphatic rings. The molecule has 2 rings (SSSR count). The van der Waals surface area contributed by atoms with E-state index in [0.717, 1.165) is 24.2 Å². The van der Waals surface area contributed by atoms with Crippen molar-refractivity contribution in [1.29, 1.82) is 0 Å². The van der Waals surface area contributed by atoms with Crippen molar-refractivity contribution in [2.24, 2.45) is 10.9 Å². The van der Waals surface area contributed by atoms with Crippen LogP contribution in [0.15, 0.2) is 27.8 Å². The number of nitrogens with zero attached hydrogens (tertiary/aromatic N) is 2. The van der Waals surface area contributed by atoms with Gasteiger partial charge in [-0.1, -0.05) is 6.92 Å². The molecule has 1 aliphatic carbocycles. The van der Waals surface area contributed by atoms with E-state index in [1.54, 1.807) is 6.26 Å². The monoisotopic (exact) mass is 278 g/mol. The van der Waals surface area contributed by atoms with Gasteiger partial charge in [0, 0.05) is 12.6 Å². The van der Waals surface area contributed by atoms with E-state index >= 15 is 0 Å². The van der Waals surface area contributed by atoms with Crippen LogP contribution in [0.2, 0.25) is 0 Å². The molecule has 0 amide bonds. The number of likely N-dealkylation sites (N-methyl/N-ethyl adjacent to an activating group) is 1. The van der Waals surface area contributed by atoms with Crippen molar-refractivity contribution in [3.05, 3.63) is 24.2 Å². The van der Waals surface area contributed by atoms with Crippen molar-refractivity contribution >= 4 is 5.96 Å². The van der Waals surface area contributed by atoms with E-state index in [2.05, 4.69) is 29.4 Å². The normalized spacial score (nSPS) is 23.8. The lowest BCUT2D eigenvalue weighted by molar-refractivity contribution is 0.265. The summed E-state index contributed by atoms with van der Waals surface area (Å²) >= 11 is 0. The summed E-state index contributed by atoms with van der Waals surface area (Å²) in [5.41, 5.74) is 0. The summed E-state index contributed by atoms with van der Waals surface area (Å²) in [7, 11) is 4.10. The van der Waals surface area contributed by atoms with Gasteiger partial charge in [0.2, 0.25) is 0 Å². The molecule has 5 heteroatoms. The zero-order valence-electron chi connectivity index (χ0n) is 12.9. The van der Waals surface area contributed by atoms with E-state index in [4.69, 9.17) is 9.41 Å². The molecule has 5 nitrogen and oxygen atoms in total. The Morgan fingerprint density at radius 3 is 2.80 bits per heavy atom. The molecule has 0 bridgehead atoms. The lowest BCUT2D eigenvalue weighted by atomic mass is 10.2. The highest BCUT2D eigenvalue weighted by Crippen LogP contribution is 2.28. The Morgan fingerprint density at radius 1 is 1.55 bits per heavy atom. The zero-order valence-corrected chi connectivity index (χ0v) is 12.9. The Labute approximate surface area is 121 Å². The molecule has 0 aromatic carbocycles. The van der Waals surface area contributed by atoms with E-state index in [9.17, 15) is 0 Å². The van der Waals surface area contributed by atoms with E-state index in [1.807, 2.05) is 26.2 Å². The number of guanidine groups is 1. The predicted octanol–water partition coefficient (Wildman–Crippen LogP) is 1.85. The van der Waals surface area contributed by atoms with Gasteiger partial charge in [0.05, 0.1) is 18.8 Å². The lowest BCUT2D eigenvalue weighted by Crippen LogP contribution is -2.39. The molecule has 1 fully saturated rings. The first kappa shape index (κ1) is 14.9. The fourth-order valence-corrected chi connectivity index (χ4v) is 2.19. The van der Waals surface area contributed by atoms with Gasteiger partial charge in [-0.3, -0.25) is 9.89 Å². The summed E-state index contributed by atoms with van der Waals surface area (Å²) in [6.07, 6.45) is 2.95. The van der Waals surface area contributed by atoms with Gasteiger partial charge in [0.15, 0.2) is 5.96 Å². The van der Waals surface area contributed by atoms with Crippen LogP contribution in [-0.2, 0) is 0 Å². The van der Waals surface area contributed by atoms with Crippen molar-refractivity contribution in [3.8, 4) is 0 Å². The Kier molecular flexibility index (Phi) is 5.06. The third-order valence-corrected chi connectivity index (χ3v) is 3.69. The van der Waals surface area contributed by atoms with Crippen molar-refractivity contribution < 1.29 is 4.42 Å². The van der Waals surface area contributed by atoms with Gasteiger partial charge in [-0.2, -0.15) is 0 Å². The number of furan rings is 1. The van der Waals surface area contributed by atoms with E-state index < -0.39 is 0 Å². The maximum absolute atomic E-state index is 5.51. The van der Waals surface area contributed by atoms with Crippen LogP contribution in [0, 0.1) is 5.92 Å². The Bertz CT molecular complexity index is 427. The number of hydrogen-bond acceptors (Lipinski definition) is 3. The molecule has 1 saturated carbocycles. The van der Waals surface area contributed by atoms with Gasteiger partial charge in [0.25, 0.3) is 0 Å². The van der Waals surface area contributed by atoms with Crippen LogP contribution < -0.4 is 10.6 Å². The van der Waals surface area contributed by atoms with Gasteiger partial charge in [-0.05, 0) is 45.5 Å². The minimum atomic E-state index is 0.164. The first-order chi connectivity index (χ1) is 9.61. The van der Waals surface area contributed by atoms with Crippen molar-refractivity contribution in [2.45, 2.75) is 32.4 Å². The van der Waals surface area contributed by atoms with Crippen LogP contribution in [0.3, 0.4) is 0 Å². The topological polar surface area (TPSA) is 52.8 Å². The molecular formula is C15H26N4O.